The third-order valence-corrected chi connectivity index (χ3v) is 4.89. The second kappa shape index (κ2) is 8.02. The van der Waals surface area contributed by atoms with Crippen molar-refractivity contribution in [3.8, 4) is 22.8 Å². The topological polar surface area (TPSA) is 44.0 Å². The molecule has 0 N–H and O–H groups in total. The summed E-state index contributed by atoms with van der Waals surface area (Å²) in [4.78, 5) is 4.84. The molecular weight excluding hydrogens is 386 g/mol. The maximum absolute atomic E-state index is 6.20. The Morgan fingerprint density at radius 3 is 2.31 bits per heavy atom. The lowest BCUT2D eigenvalue weighted by Crippen LogP contribution is -2.03. The highest BCUT2D eigenvalue weighted by Gasteiger charge is 2.10. The van der Waals surface area contributed by atoms with Gasteiger partial charge in [0.1, 0.15) is 11.3 Å². The van der Waals surface area contributed by atoms with Crippen LogP contribution in [-0.4, -0.2) is 14.2 Å². The molecule has 0 bridgehead atoms. The number of nitrogens with zero attached hydrogens (tertiary/aromatic N) is 1. The van der Waals surface area contributed by atoms with E-state index >= 15 is 0 Å². The van der Waals surface area contributed by atoms with Gasteiger partial charge in [0.15, 0.2) is 11.5 Å². The Labute approximate surface area is 174 Å². The molecule has 0 aliphatic rings. The molecule has 0 fully saturated rings. The minimum Gasteiger partial charge on any atom is -0.493 e. The van der Waals surface area contributed by atoms with Crippen molar-refractivity contribution < 1.29 is 13.9 Å². The maximum atomic E-state index is 6.20. The number of hydrogen-bond donors (Lipinski definition) is 0. The Kier molecular flexibility index (Phi) is 5.28. The number of benzene rings is 3. The van der Waals surface area contributed by atoms with Crippen molar-refractivity contribution in [2.45, 2.75) is 6.92 Å². The van der Waals surface area contributed by atoms with Gasteiger partial charge < -0.3 is 13.9 Å². The van der Waals surface area contributed by atoms with Gasteiger partial charge in [0, 0.05) is 22.0 Å². The molecule has 4 nitrogen and oxygen atoms in total. The van der Waals surface area contributed by atoms with Crippen LogP contribution in [0.4, 0.5) is 5.69 Å². The summed E-state index contributed by atoms with van der Waals surface area (Å²) in [5.41, 5.74) is 3.59. The largest absolute Gasteiger partial charge is 0.493 e. The normalized spacial score (nSPS) is 11.7. The summed E-state index contributed by atoms with van der Waals surface area (Å²) in [5, 5.41) is 2.45. The van der Waals surface area contributed by atoms with E-state index in [1.807, 2.05) is 67.6 Å². The second-order valence-corrected chi connectivity index (χ2v) is 7.09. The van der Waals surface area contributed by atoms with E-state index in [9.17, 15) is 0 Å². The third-order valence-electron chi connectivity index (χ3n) is 4.64. The van der Waals surface area contributed by atoms with E-state index in [-0.39, 0.29) is 0 Å². The van der Waals surface area contributed by atoms with Crippen molar-refractivity contribution in [3.63, 3.8) is 0 Å². The standard InChI is InChI=1S/C24H20ClNO3/c1-15-4-10-21-19(12-15)20(26-18-8-6-17(25)7-9-18)14-23(29-21)16-5-11-22(27-2)24(13-16)28-3/h4-14H,1-3H3. The van der Waals surface area contributed by atoms with Gasteiger partial charge in [-0.05, 0) is 61.5 Å². The van der Waals surface area contributed by atoms with Crippen LogP contribution in [0.1, 0.15) is 5.56 Å². The van der Waals surface area contributed by atoms with Gasteiger partial charge in [-0.2, -0.15) is 0 Å². The fraction of sp³-hybridized carbons (Fsp3) is 0.125. The Morgan fingerprint density at radius 2 is 1.59 bits per heavy atom. The van der Waals surface area contributed by atoms with Crippen LogP contribution < -0.4 is 14.8 Å². The SMILES string of the molecule is COc1ccc(-c2cc(=Nc3ccc(Cl)cc3)c3cc(C)ccc3o2)cc1OC. The molecule has 1 heterocycles. The molecule has 0 atom stereocenters. The summed E-state index contributed by atoms with van der Waals surface area (Å²) in [5.74, 6) is 1.99. The van der Waals surface area contributed by atoms with E-state index in [0.29, 0.717) is 22.3 Å². The van der Waals surface area contributed by atoms with Crippen LogP contribution in [0.3, 0.4) is 0 Å². The van der Waals surface area contributed by atoms with Gasteiger partial charge >= 0.3 is 0 Å². The zero-order chi connectivity index (χ0) is 20.4. The van der Waals surface area contributed by atoms with Crippen LogP contribution in [-0.2, 0) is 0 Å². The summed E-state index contributed by atoms with van der Waals surface area (Å²) in [6, 6.07) is 21.1. The Morgan fingerprint density at radius 1 is 0.828 bits per heavy atom. The van der Waals surface area contributed by atoms with Crippen molar-refractivity contribution in [3.05, 3.63) is 82.7 Å². The molecule has 0 saturated heterocycles. The first-order valence-corrected chi connectivity index (χ1v) is 9.52. The molecule has 29 heavy (non-hydrogen) atoms. The molecule has 5 heteroatoms. The average molecular weight is 406 g/mol. The number of aryl methyl sites for hydroxylation is 1. The van der Waals surface area contributed by atoms with Crippen LogP contribution in [0.25, 0.3) is 22.3 Å². The quantitative estimate of drug-likeness (QED) is 0.399. The van der Waals surface area contributed by atoms with Crippen molar-refractivity contribution in [2.75, 3.05) is 14.2 Å². The lowest BCUT2D eigenvalue weighted by Gasteiger charge is -2.10. The van der Waals surface area contributed by atoms with Gasteiger partial charge in [-0.25, -0.2) is 4.99 Å². The van der Waals surface area contributed by atoms with Gasteiger partial charge in [-0.3, -0.25) is 0 Å². The molecule has 0 aliphatic carbocycles. The third kappa shape index (κ3) is 3.98. The number of rotatable bonds is 4. The number of ether oxygens (including phenoxy) is 2. The van der Waals surface area contributed by atoms with Gasteiger partial charge in [0.25, 0.3) is 0 Å². The molecule has 0 spiro atoms. The molecule has 0 saturated carbocycles. The van der Waals surface area contributed by atoms with Crippen LogP contribution >= 0.6 is 11.6 Å². The predicted molar refractivity (Wildman–Crippen MR) is 116 cm³/mol. The fourth-order valence-electron chi connectivity index (χ4n) is 3.16. The monoisotopic (exact) mass is 405 g/mol. The van der Waals surface area contributed by atoms with Crippen LogP contribution in [0.5, 0.6) is 11.5 Å². The Bertz CT molecular complexity index is 1240. The van der Waals surface area contributed by atoms with Gasteiger partial charge in [-0.1, -0.05) is 23.2 Å². The summed E-state index contributed by atoms with van der Waals surface area (Å²) in [6.07, 6.45) is 0. The molecule has 4 rings (SSSR count). The van der Waals surface area contributed by atoms with Crippen LogP contribution in [0, 0.1) is 6.92 Å². The van der Waals surface area contributed by atoms with Crippen molar-refractivity contribution in [1.29, 1.82) is 0 Å². The minimum absolute atomic E-state index is 0.639. The van der Waals surface area contributed by atoms with Gasteiger partial charge in [0.2, 0.25) is 0 Å². The van der Waals surface area contributed by atoms with Crippen molar-refractivity contribution in [1.82, 2.24) is 0 Å². The number of halogens is 1. The fourth-order valence-corrected chi connectivity index (χ4v) is 3.29. The molecule has 0 radical (unpaired) electrons. The van der Waals surface area contributed by atoms with Gasteiger partial charge in [-0.15, -0.1) is 0 Å². The highest BCUT2D eigenvalue weighted by atomic mass is 35.5. The lowest BCUT2D eigenvalue weighted by molar-refractivity contribution is 0.355. The molecular formula is C24H20ClNO3. The maximum Gasteiger partial charge on any atom is 0.161 e. The number of fused-ring (bicyclic) bond motifs is 1. The number of methoxy groups -OCH3 is 2. The second-order valence-electron chi connectivity index (χ2n) is 6.65. The minimum atomic E-state index is 0.639. The smallest absolute Gasteiger partial charge is 0.161 e. The first-order chi connectivity index (χ1) is 14.1. The molecule has 0 aliphatic heterocycles. The van der Waals surface area contributed by atoms with E-state index < -0.39 is 0 Å². The summed E-state index contributed by atoms with van der Waals surface area (Å²) < 4.78 is 17.0. The first-order valence-electron chi connectivity index (χ1n) is 9.14. The van der Waals surface area contributed by atoms with Crippen LogP contribution in [0.2, 0.25) is 5.02 Å². The summed E-state index contributed by atoms with van der Waals surface area (Å²) in [6.45, 7) is 2.05. The Balaban J connectivity index is 1.95. The highest BCUT2D eigenvalue weighted by Crippen LogP contribution is 2.33. The highest BCUT2D eigenvalue weighted by molar-refractivity contribution is 6.30. The molecule has 1 aromatic heterocycles. The lowest BCUT2D eigenvalue weighted by atomic mass is 10.1. The number of hydrogen-bond acceptors (Lipinski definition) is 4. The van der Waals surface area contributed by atoms with Crippen molar-refractivity contribution in [2.24, 2.45) is 4.99 Å². The Hall–Kier alpha value is -3.24. The predicted octanol–water partition coefficient (Wildman–Crippen LogP) is 6.31. The molecule has 0 unspecified atom stereocenters. The first kappa shape index (κ1) is 19.1. The van der Waals surface area contributed by atoms with E-state index in [2.05, 4.69) is 6.07 Å². The van der Waals surface area contributed by atoms with Crippen LogP contribution in [0.15, 0.2) is 76.1 Å². The van der Waals surface area contributed by atoms with E-state index in [4.69, 9.17) is 30.5 Å². The van der Waals surface area contributed by atoms with Crippen molar-refractivity contribution >= 4 is 28.3 Å². The average Bonchev–Trinajstić information content (AvgIpc) is 2.75. The zero-order valence-corrected chi connectivity index (χ0v) is 17.2. The molecule has 146 valence electrons. The van der Waals surface area contributed by atoms with E-state index in [1.165, 1.54) is 0 Å². The van der Waals surface area contributed by atoms with Gasteiger partial charge in [0.05, 0.1) is 25.3 Å². The van der Waals surface area contributed by atoms with E-state index in [0.717, 1.165) is 33.1 Å². The molecule has 4 aromatic rings. The molecule has 3 aromatic carbocycles. The van der Waals surface area contributed by atoms with E-state index in [1.54, 1.807) is 14.2 Å². The molecule has 0 amide bonds. The zero-order valence-electron chi connectivity index (χ0n) is 16.4. The summed E-state index contributed by atoms with van der Waals surface area (Å²) in [7, 11) is 3.23. The summed E-state index contributed by atoms with van der Waals surface area (Å²) >= 11 is 6.01.